The predicted octanol–water partition coefficient (Wildman–Crippen LogP) is 2.97. The third-order valence-corrected chi connectivity index (χ3v) is 3.04. The van der Waals surface area contributed by atoms with Crippen molar-refractivity contribution in [3.63, 3.8) is 0 Å². The first-order valence-corrected chi connectivity index (χ1v) is 6.93. The van der Waals surface area contributed by atoms with Crippen molar-refractivity contribution < 1.29 is 9.53 Å². The van der Waals surface area contributed by atoms with E-state index in [1.807, 2.05) is 6.07 Å². The lowest BCUT2D eigenvalue weighted by molar-refractivity contribution is -0.117. The Labute approximate surface area is 133 Å². The number of halogens is 2. The van der Waals surface area contributed by atoms with E-state index in [9.17, 15) is 4.79 Å². The lowest BCUT2D eigenvalue weighted by Gasteiger charge is -2.06. The summed E-state index contributed by atoms with van der Waals surface area (Å²) in [6, 6.07) is 6.70. The zero-order valence-corrected chi connectivity index (χ0v) is 13.0. The minimum absolute atomic E-state index is 0.0524. The van der Waals surface area contributed by atoms with Crippen molar-refractivity contribution in [2.45, 2.75) is 6.42 Å². The summed E-state index contributed by atoms with van der Waals surface area (Å²) in [5, 5.41) is 15.4. The van der Waals surface area contributed by atoms with Crippen molar-refractivity contribution in [2.75, 3.05) is 25.6 Å². The van der Waals surface area contributed by atoms with E-state index in [1.165, 1.54) is 6.20 Å². The van der Waals surface area contributed by atoms with Gasteiger partial charge in [0.15, 0.2) is 0 Å². The Morgan fingerprint density at radius 3 is 2.90 bits per heavy atom. The average Bonchev–Trinajstić information content (AvgIpc) is 2.47. The summed E-state index contributed by atoms with van der Waals surface area (Å²) in [6.45, 7) is 0.978. The molecule has 0 unspecified atom stereocenters. The van der Waals surface area contributed by atoms with Gasteiger partial charge < -0.3 is 15.4 Å². The molecule has 0 saturated carbocycles. The van der Waals surface area contributed by atoms with E-state index in [0.29, 0.717) is 35.3 Å². The molecule has 0 atom stereocenters. The van der Waals surface area contributed by atoms with Gasteiger partial charge in [-0.3, -0.25) is 4.79 Å². The van der Waals surface area contributed by atoms with Crippen LogP contribution < -0.4 is 10.6 Å². The van der Waals surface area contributed by atoms with Gasteiger partial charge in [0, 0.05) is 31.5 Å². The quantitative estimate of drug-likeness (QED) is 0.458. The molecule has 0 spiro atoms. The van der Waals surface area contributed by atoms with Gasteiger partial charge in [-0.2, -0.15) is 5.26 Å². The lowest BCUT2D eigenvalue weighted by Crippen LogP contribution is -2.26. The number of carbonyl (C=O) groups excluding carboxylic acids is 1. The molecule has 0 fully saturated rings. The second kappa shape index (κ2) is 9.24. The monoisotopic (exact) mass is 327 g/mol. The van der Waals surface area contributed by atoms with E-state index >= 15 is 0 Å². The zero-order chi connectivity index (χ0) is 15.7. The number of nitrogens with zero attached hydrogens (tertiary/aromatic N) is 1. The maximum absolute atomic E-state index is 11.8. The van der Waals surface area contributed by atoms with Gasteiger partial charge in [-0.1, -0.05) is 23.2 Å². The predicted molar refractivity (Wildman–Crippen MR) is 83.3 cm³/mol. The Morgan fingerprint density at radius 2 is 2.24 bits per heavy atom. The third kappa shape index (κ3) is 6.05. The Morgan fingerprint density at radius 1 is 1.48 bits per heavy atom. The smallest absolute Gasteiger partial charge is 0.263 e. The number of benzene rings is 1. The van der Waals surface area contributed by atoms with Crippen molar-refractivity contribution in [3.8, 4) is 6.07 Å². The summed E-state index contributed by atoms with van der Waals surface area (Å²) in [5.41, 5.74) is 0.465. The molecule has 21 heavy (non-hydrogen) atoms. The molecular weight excluding hydrogens is 313 g/mol. The Hall–Kier alpha value is -1.74. The van der Waals surface area contributed by atoms with Gasteiger partial charge in [0.1, 0.15) is 11.6 Å². The molecule has 1 aromatic carbocycles. The number of nitriles is 1. The van der Waals surface area contributed by atoms with Crippen molar-refractivity contribution in [1.29, 1.82) is 5.26 Å². The molecule has 0 heterocycles. The molecule has 0 radical (unpaired) electrons. The number of ether oxygens (including phenoxy) is 1. The fourth-order valence-electron chi connectivity index (χ4n) is 1.42. The summed E-state index contributed by atoms with van der Waals surface area (Å²) in [4.78, 5) is 11.8. The van der Waals surface area contributed by atoms with Gasteiger partial charge in [0.2, 0.25) is 0 Å². The number of anilines is 1. The van der Waals surface area contributed by atoms with Crippen LogP contribution >= 0.6 is 23.2 Å². The molecule has 1 aromatic rings. The molecule has 112 valence electrons. The minimum atomic E-state index is -0.459. The first-order valence-electron chi connectivity index (χ1n) is 6.17. The molecule has 5 nitrogen and oxygen atoms in total. The molecule has 0 aliphatic heterocycles. The maximum atomic E-state index is 11.8. The molecule has 1 amide bonds. The number of hydrogen-bond acceptors (Lipinski definition) is 4. The highest BCUT2D eigenvalue weighted by Gasteiger charge is 2.08. The number of hydrogen-bond donors (Lipinski definition) is 2. The molecule has 7 heteroatoms. The van der Waals surface area contributed by atoms with E-state index in [4.69, 9.17) is 33.2 Å². The van der Waals surface area contributed by atoms with E-state index in [1.54, 1.807) is 25.3 Å². The second-order valence-corrected chi connectivity index (χ2v) is 4.88. The first-order chi connectivity index (χ1) is 10.1. The van der Waals surface area contributed by atoms with Crippen LogP contribution in [0.3, 0.4) is 0 Å². The molecule has 0 aromatic heterocycles. The zero-order valence-electron chi connectivity index (χ0n) is 11.5. The Bertz CT molecular complexity index is 568. The number of methoxy groups -OCH3 is 1. The van der Waals surface area contributed by atoms with Crippen LogP contribution in [0.15, 0.2) is 30.0 Å². The first kappa shape index (κ1) is 17.3. The van der Waals surface area contributed by atoms with Gasteiger partial charge in [0.25, 0.3) is 5.91 Å². The highest BCUT2D eigenvalue weighted by Crippen LogP contribution is 2.25. The third-order valence-electron chi connectivity index (χ3n) is 2.48. The fraction of sp³-hybridized carbons (Fsp3) is 0.286. The minimum Gasteiger partial charge on any atom is -0.385 e. The molecule has 0 aliphatic rings. The number of rotatable bonds is 7. The molecule has 0 bridgehead atoms. The Balaban J connectivity index is 2.65. The van der Waals surface area contributed by atoms with E-state index in [2.05, 4.69) is 10.6 Å². The van der Waals surface area contributed by atoms with Crippen LogP contribution in [0.25, 0.3) is 0 Å². The number of nitrogens with one attached hydrogen (secondary N) is 2. The van der Waals surface area contributed by atoms with Gasteiger partial charge >= 0.3 is 0 Å². The number of carbonyl (C=O) groups is 1. The summed E-state index contributed by atoms with van der Waals surface area (Å²) in [7, 11) is 1.58. The normalized spacial score (nSPS) is 10.9. The largest absolute Gasteiger partial charge is 0.385 e. The molecule has 0 saturated heterocycles. The van der Waals surface area contributed by atoms with Crippen LogP contribution in [0.1, 0.15) is 6.42 Å². The molecule has 1 rings (SSSR count). The van der Waals surface area contributed by atoms with Crippen LogP contribution in [-0.4, -0.2) is 26.2 Å². The van der Waals surface area contributed by atoms with Crippen molar-refractivity contribution in [3.05, 3.63) is 40.0 Å². The topological polar surface area (TPSA) is 74.1 Å². The van der Waals surface area contributed by atoms with Gasteiger partial charge in [-0.25, -0.2) is 0 Å². The highest BCUT2D eigenvalue weighted by atomic mass is 35.5. The second-order valence-electron chi connectivity index (χ2n) is 4.04. The summed E-state index contributed by atoms with van der Waals surface area (Å²) < 4.78 is 4.87. The van der Waals surface area contributed by atoms with Crippen molar-refractivity contribution in [1.82, 2.24) is 5.32 Å². The van der Waals surface area contributed by atoms with Gasteiger partial charge in [-0.05, 0) is 24.6 Å². The maximum Gasteiger partial charge on any atom is 0.263 e. The SMILES string of the molecule is COCCCNC(=O)/C(C#N)=C\Nc1cc(Cl)ccc1Cl. The standard InChI is InChI=1S/C14H15Cl2N3O2/c1-21-6-2-5-18-14(20)10(8-17)9-19-13-7-11(15)3-4-12(13)16/h3-4,7,9,19H,2,5-6H2,1H3,(H,18,20)/b10-9-. The average molecular weight is 328 g/mol. The van der Waals surface area contributed by atoms with Crippen LogP contribution in [0.5, 0.6) is 0 Å². The van der Waals surface area contributed by atoms with Gasteiger partial charge in [0.05, 0.1) is 10.7 Å². The summed E-state index contributed by atoms with van der Waals surface area (Å²) in [5.74, 6) is -0.459. The Kier molecular flexibility index (Phi) is 7.62. The van der Waals surface area contributed by atoms with Crippen molar-refractivity contribution in [2.24, 2.45) is 0 Å². The van der Waals surface area contributed by atoms with Crippen LogP contribution in [0.2, 0.25) is 10.0 Å². The molecule has 0 aliphatic carbocycles. The van der Waals surface area contributed by atoms with Crippen LogP contribution in [0.4, 0.5) is 5.69 Å². The van der Waals surface area contributed by atoms with E-state index in [-0.39, 0.29) is 5.57 Å². The molecular formula is C14H15Cl2N3O2. The fourth-order valence-corrected chi connectivity index (χ4v) is 1.76. The van der Waals surface area contributed by atoms with Crippen LogP contribution in [-0.2, 0) is 9.53 Å². The van der Waals surface area contributed by atoms with E-state index < -0.39 is 5.91 Å². The van der Waals surface area contributed by atoms with Crippen molar-refractivity contribution >= 4 is 34.8 Å². The molecule has 2 N–H and O–H groups in total. The lowest BCUT2D eigenvalue weighted by atomic mass is 10.2. The number of amides is 1. The highest BCUT2D eigenvalue weighted by molar-refractivity contribution is 6.35. The van der Waals surface area contributed by atoms with Gasteiger partial charge in [-0.15, -0.1) is 0 Å². The summed E-state index contributed by atoms with van der Waals surface area (Å²) in [6.07, 6.45) is 1.97. The summed E-state index contributed by atoms with van der Waals surface area (Å²) >= 11 is 11.8. The van der Waals surface area contributed by atoms with E-state index in [0.717, 1.165) is 0 Å². The van der Waals surface area contributed by atoms with Crippen LogP contribution in [0, 0.1) is 11.3 Å².